The van der Waals surface area contributed by atoms with Crippen molar-refractivity contribution < 1.29 is 14.0 Å². The van der Waals surface area contributed by atoms with Gasteiger partial charge in [0.25, 0.3) is 0 Å². The van der Waals surface area contributed by atoms with E-state index < -0.39 is 5.25 Å². The highest BCUT2D eigenvalue weighted by Crippen LogP contribution is 2.34. The van der Waals surface area contributed by atoms with Gasteiger partial charge in [-0.3, -0.25) is 19.1 Å². The molecule has 1 N–H and O–H groups in total. The third-order valence-electron chi connectivity index (χ3n) is 6.41. The van der Waals surface area contributed by atoms with Gasteiger partial charge in [-0.05, 0) is 49.4 Å². The standard InChI is InChI=1S/C25H30N6O3S/c1-16-11-17(2)13-29(12-16)24-27-28-25(31(24)14-19-7-6-10-34-19)35-18(3)23(33)30-15-22(32)26-20-8-4-5-9-21(20)30/h4-10,16-18H,11-15H2,1-3H3,(H,26,32)/t16-,17+,18-/m0/s1. The summed E-state index contributed by atoms with van der Waals surface area (Å²) < 4.78 is 7.66. The van der Waals surface area contributed by atoms with Crippen molar-refractivity contribution in [1.29, 1.82) is 0 Å². The predicted octanol–water partition coefficient (Wildman–Crippen LogP) is 3.87. The quantitative estimate of drug-likeness (QED) is 0.520. The highest BCUT2D eigenvalue weighted by Gasteiger charge is 2.32. The van der Waals surface area contributed by atoms with Crippen molar-refractivity contribution in [3.8, 4) is 0 Å². The molecular weight excluding hydrogens is 464 g/mol. The first-order valence-electron chi connectivity index (χ1n) is 12.0. The third-order valence-corrected chi connectivity index (χ3v) is 7.48. The van der Waals surface area contributed by atoms with E-state index in [2.05, 4.69) is 34.3 Å². The lowest BCUT2D eigenvalue weighted by atomic mass is 9.92. The summed E-state index contributed by atoms with van der Waals surface area (Å²) in [5, 5.41) is 12.1. The molecule has 5 rings (SSSR count). The third kappa shape index (κ3) is 4.93. The monoisotopic (exact) mass is 494 g/mol. The van der Waals surface area contributed by atoms with E-state index in [0.29, 0.717) is 34.9 Å². The summed E-state index contributed by atoms with van der Waals surface area (Å²) in [5.41, 5.74) is 1.35. The van der Waals surface area contributed by atoms with Crippen LogP contribution in [0.5, 0.6) is 0 Å². The second-order valence-corrected chi connectivity index (χ2v) is 10.9. The van der Waals surface area contributed by atoms with Crippen LogP contribution in [0.4, 0.5) is 17.3 Å². The summed E-state index contributed by atoms with van der Waals surface area (Å²) in [6, 6.07) is 11.1. The fourth-order valence-corrected chi connectivity index (χ4v) is 5.89. The van der Waals surface area contributed by atoms with Gasteiger partial charge in [-0.15, -0.1) is 10.2 Å². The van der Waals surface area contributed by atoms with Crippen molar-refractivity contribution in [1.82, 2.24) is 14.8 Å². The molecule has 1 saturated heterocycles. The smallest absolute Gasteiger partial charge is 0.244 e. The number of anilines is 3. The molecule has 1 fully saturated rings. The van der Waals surface area contributed by atoms with Crippen molar-refractivity contribution in [2.24, 2.45) is 11.8 Å². The van der Waals surface area contributed by atoms with Crippen molar-refractivity contribution in [2.75, 3.05) is 34.8 Å². The van der Waals surface area contributed by atoms with Crippen molar-refractivity contribution in [3.63, 3.8) is 0 Å². The Labute approximate surface area is 208 Å². The van der Waals surface area contributed by atoms with Gasteiger partial charge in [0.05, 0.1) is 29.4 Å². The van der Waals surface area contributed by atoms with Gasteiger partial charge in [0, 0.05) is 13.1 Å². The minimum absolute atomic E-state index is 0.00532. The zero-order chi connectivity index (χ0) is 24.5. The number of carbonyl (C=O) groups is 2. The van der Waals surface area contributed by atoms with Gasteiger partial charge >= 0.3 is 0 Å². The van der Waals surface area contributed by atoms with E-state index in [9.17, 15) is 9.59 Å². The molecule has 2 aromatic heterocycles. The normalized spacial score (nSPS) is 20.9. The number of benzene rings is 1. The molecule has 0 saturated carbocycles. The largest absolute Gasteiger partial charge is 0.467 e. The van der Waals surface area contributed by atoms with E-state index in [4.69, 9.17) is 4.42 Å². The van der Waals surface area contributed by atoms with Gasteiger partial charge in [0.2, 0.25) is 17.8 Å². The number of carbonyl (C=O) groups excluding carboxylic acids is 2. The SMILES string of the molecule is C[C@@H]1C[C@H](C)CN(c2nnc(S[C@@H](C)C(=O)N3CC(=O)Nc4ccccc43)n2Cc2ccco2)C1. The summed E-state index contributed by atoms with van der Waals surface area (Å²) in [6.07, 6.45) is 2.85. The Hall–Kier alpha value is -3.27. The number of furan rings is 1. The van der Waals surface area contributed by atoms with Crippen LogP contribution >= 0.6 is 11.8 Å². The lowest BCUT2D eigenvalue weighted by Gasteiger charge is -2.35. The van der Waals surface area contributed by atoms with Crippen LogP contribution < -0.4 is 15.1 Å². The lowest BCUT2D eigenvalue weighted by Crippen LogP contribution is -2.45. The van der Waals surface area contributed by atoms with Crippen LogP contribution in [-0.2, 0) is 16.1 Å². The molecule has 9 nitrogen and oxygen atoms in total. The number of hydrogen-bond acceptors (Lipinski definition) is 7. The number of fused-ring (bicyclic) bond motifs is 1. The van der Waals surface area contributed by atoms with Gasteiger partial charge in [0.1, 0.15) is 12.3 Å². The molecule has 184 valence electrons. The number of nitrogens with zero attached hydrogens (tertiary/aromatic N) is 5. The summed E-state index contributed by atoms with van der Waals surface area (Å²) in [5.74, 6) is 2.37. The highest BCUT2D eigenvalue weighted by molar-refractivity contribution is 8.00. The molecule has 0 spiro atoms. The van der Waals surface area contributed by atoms with E-state index in [0.717, 1.165) is 24.8 Å². The highest BCUT2D eigenvalue weighted by atomic mass is 32.2. The number of rotatable bonds is 6. The summed E-state index contributed by atoms with van der Waals surface area (Å²) in [7, 11) is 0. The maximum Gasteiger partial charge on any atom is 0.244 e. The van der Waals surface area contributed by atoms with Gasteiger partial charge in [-0.25, -0.2) is 0 Å². The molecular formula is C25H30N6O3S. The molecule has 10 heteroatoms. The lowest BCUT2D eigenvalue weighted by molar-refractivity contribution is -0.121. The second-order valence-electron chi connectivity index (χ2n) is 9.55. The Morgan fingerprint density at radius 2 is 1.94 bits per heavy atom. The Bertz CT molecular complexity index is 1200. The van der Waals surface area contributed by atoms with Crippen LogP contribution in [0.25, 0.3) is 0 Å². The maximum atomic E-state index is 13.5. The molecule has 0 radical (unpaired) electrons. The number of thioether (sulfide) groups is 1. The van der Waals surface area contributed by atoms with E-state index in [1.54, 1.807) is 17.2 Å². The maximum absolute atomic E-state index is 13.5. The van der Waals surface area contributed by atoms with Crippen LogP contribution in [0.3, 0.4) is 0 Å². The van der Waals surface area contributed by atoms with Crippen molar-refractivity contribution in [3.05, 3.63) is 48.4 Å². The first kappa shape index (κ1) is 23.5. The molecule has 2 aliphatic rings. The van der Waals surface area contributed by atoms with E-state index >= 15 is 0 Å². The molecule has 3 atom stereocenters. The molecule has 1 aromatic carbocycles. The van der Waals surface area contributed by atoms with Gasteiger partial charge < -0.3 is 14.6 Å². The summed E-state index contributed by atoms with van der Waals surface area (Å²) in [4.78, 5) is 29.5. The van der Waals surface area contributed by atoms with Gasteiger partial charge in [-0.2, -0.15) is 0 Å². The Morgan fingerprint density at radius 3 is 2.69 bits per heavy atom. The predicted molar refractivity (Wildman–Crippen MR) is 136 cm³/mol. The van der Waals surface area contributed by atoms with Crippen LogP contribution in [0.1, 0.15) is 33.0 Å². The molecule has 35 heavy (non-hydrogen) atoms. The minimum atomic E-state index is -0.472. The summed E-state index contributed by atoms with van der Waals surface area (Å²) in [6.45, 7) is 8.68. The van der Waals surface area contributed by atoms with Crippen LogP contribution in [0, 0.1) is 11.8 Å². The first-order chi connectivity index (χ1) is 16.9. The molecule has 2 aliphatic heterocycles. The zero-order valence-corrected chi connectivity index (χ0v) is 21.0. The van der Waals surface area contributed by atoms with E-state index in [-0.39, 0.29) is 18.4 Å². The van der Waals surface area contributed by atoms with E-state index in [1.807, 2.05) is 41.8 Å². The zero-order valence-electron chi connectivity index (χ0n) is 20.2. The Morgan fingerprint density at radius 1 is 1.17 bits per heavy atom. The first-order valence-corrected chi connectivity index (χ1v) is 12.8. The number of para-hydroxylation sites is 2. The van der Waals surface area contributed by atoms with Crippen molar-refractivity contribution in [2.45, 2.75) is 44.1 Å². The molecule has 3 aromatic rings. The van der Waals surface area contributed by atoms with Crippen molar-refractivity contribution >= 4 is 40.9 Å². The van der Waals surface area contributed by atoms with Gasteiger partial charge in [-0.1, -0.05) is 37.7 Å². The number of hydrogen-bond donors (Lipinski definition) is 1. The van der Waals surface area contributed by atoms with Gasteiger partial charge in [0.15, 0.2) is 5.16 Å². The average Bonchev–Trinajstić information content (AvgIpc) is 3.48. The van der Waals surface area contributed by atoms with Crippen LogP contribution in [-0.4, -0.2) is 51.5 Å². The molecule has 0 unspecified atom stereocenters. The molecule has 2 amide bonds. The van der Waals surface area contributed by atoms with Crippen LogP contribution in [0.15, 0.2) is 52.2 Å². The topological polar surface area (TPSA) is 96.5 Å². The number of piperidine rings is 1. The summed E-state index contributed by atoms with van der Waals surface area (Å²) >= 11 is 1.35. The minimum Gasteiger partial charge on any atom is -0.467 e. The fourth-order valence-electron chi connectivity index (χ4n) is 4.98. The molecule has 0 bridgehead atoms. The Balaban J connectivity index is 1.41. The Kier molecular flexibility index (Phi) is 6.55. The number of amides is 2. The fraction of sp³-hybridized carbons (Fsp3) is 0.440. The average molecular weight is 495 g/mol. The van der Waals surface area contributed by atoms with Crippen LogP contribution in [0.2, 0.25) is 0 Å². The number of nitrogens with one attached hydrogen (secondary N) is 1. The molecule has 0 aliphatic carbocycles. The molecule has 4 heterocycles. The second kappa shape index (κ2) is 9.77. The van der Waals surface area contributed by atoms with E-state index in [1.165, 1.54) is 18.2 Å². The number of aromatic nitrogens is 3.